The second-order valence-corrected chi connectivity index (χ2v) is 2.49. The van der Waals surface area contributed by atoms with Gasteiger partial charge in [-0.1, -0.05) is 24.3 Å². The van der Waals surface area contributed by atoms with Gasteiger partial charge >= 0.3 is 0 Å². The summed E-state index contributed by atoms with van der Waals surface area (Å²) in [5.74, 6) is 0. The van der Waals surface area contributed by atoms with Gasteiger partial charge in [-0.25, -0.2) is 0 Å². The number of hydrogen-bond acceptors (Lipinski definition) is 1. The zero-order chi connectivity index (χ0) is 7.23. The highest BCUT2D eigenvalue weighted by atomic mass is 16.5. The Bertz CT molecular complexity index is 136. The predicted molar refractivity (Wildman–Crippen MR) is 42.9 cm³/mol. The maximum absolute atomic E-state index is 5.19. The second kappa shape index (κ2) is 4.29. The molecule has 0 aromatic heterocycles. The average Bonchev–Trinajstić information content (AvgIpc) is 1.87. The molecule has 56 valence electrons. The lowest BCUT2D eigenvalue weighted by atomic mass is 10.1. The maximum Gasteiger partial charge on any atom is 0.0786 e. The van der Waals surface area contributed by atoms with Gasteiger partial charge in [-0.2, -0.15) is 0 Å². The van der Waals surface area contributed by atoms with E-state index in [0.29, 0.717) is 6.10 Å². The molecule has 0 bridgehead atoms. The molecule has 1 aliphatic carbocycles. The van der Waals surface area contributed by atoms with Crippen molar-refractivity contribution in [3.8, 4) is 0 Å². The molecule has 0 aliphatic heterocycles. The molecule has 1 aliphatic rings. The Hall–Kier alpha value is -0.560. The SMILES string of the molecule is COC1/C=C/CC/C=C\C1. The van der Waals surface area contributed by atoms with Crippen LogP contribution >= 0.6 is 0 Å². The quantitative estimate of drug-likeness (QED) is 0.505. The summed E-state index contributed by atoms with van der Waals surface area (Å²) in [6, 6.07) is 0. The molecule has 0 aromatic rings. The molecule has 1 atom stereocenters. The van der Waals surface area contributed by atoms with Crippen molar-refractivity contribution in [3.05, 3.63) is 24.3 Å². The van der Waals surface area contributed by atoms with Gasteiger partial charge < -0.3 is 4.74 Å². The van der Waals surface area contributed by atoms with Crippen molar-refractivity contribution in [2.45, 2.75) is 25.4 Å². The second-order valence-electron chi connectivity index (χ2n) is 2.49. The van der Waals surface area contributed by atoms with Gasteiger partial charge in [0.25, 0.3) is 0 Å². The minimum atomic E-state index is 0.302. The van der Waals surface area contributed by atoms with E-state index in [1.165, 1.54) is 6.42 Å². The van der Waals surface area contributed by atoms with Crippen LogP contribution in [0, 0.1) is 0 Å². The summed E-state index contributed by atoms with van der Waals surface area (Å²) < 4.78 is 5.19. The van der Waals surface area contributed by atoms with Gasteiger partial charge in [0.1, 0.15) is 0 Å². The number of allylic oxidation sites excluding steroid dienone is 2. The minimum absolute atomic E-state index is 0.302. The lowest BCUT2D eigenvalue weighted by Gasteiger charge is -2.08. The first-order chi connectivity index (χ1) is 4.93. The average molecular weight is 138 g/mol. The van der Waals surface area contributed by atoms with E-state index in [1.54, 1.807) is 7.11 Å². The van der Waals surface area contributed by atoms with Gasteiger partial charge in [0.05, 0.1) is 6.10 Å². The van der Waals surface area contributed by atoms with Gasteiger partial charge in [0.2, 0.25) is 0 Å². The molecule has 1 unspecified atom stereocenters. The molecule has 1 heteroatoms. The number of ether oxygens (including phenoxy) is 1. The van der Waals surface area contributed by atoms with E-state index in [2.05, 4.69) is 24.3 Å². The van der Waals surface area contributed by atoms with E-state index in [0.717, 1.165) is 12.8 Å². The smallest absolute Gasteiger partial charge is 0.0786 e. The number of hydrogen-bond donors (Lipinski definition) is 0. The van der Waals surface area contributed by atoms with Crippen LogP contribution in [0.25, 0.3) is 0 Å². The summed E-state index contributed by atoms with van der Waals surface area (Å²) in [6.07, 6.45) is 12.4. The molecule has 0 heterocycles. The molecule has 0 saturated carbocycles. The topological polar surface area (TPSA) is 9.23 Å². The molecule has 0 spiro atoms. The van der Waals surface area contributed by atoms with E-state index in [1.807, 2.05) is 0 Å². The summed E-state index contributed by atoms with van der Waals surface area (Å²) in [7, 11) is 1.75. The highest BCUT2D eigenvalue weighted by molar-refractivity contribution is 4.99. The number of methoxy groups -OCH3 is 1. The summed E-state index contributed by atoms with van der Waals surface area (Å²) >= 11 is 0. The molecule has 0 fully saturated rings. The lowest BCUT2D eigenvalue weighted by molar-refractivity contribution is 0.143. The fourth-order valence-electron chi connectivity index (χ4n) is 1.04. The Labute approximate surface area is 62.4 Å². The predicted octanol–water partition coefficient (Wildman–Crippen LogP) is 2.30. The van der Waals surface area contributed by atoms with Crippen molar-refractivity contribution >= 4 is 0 Å². The van der Waals surface area contributed by atoms with Crippen LogP contribution in [0.4, 0.5) is 0 Å². The maximum atomic E-state index is 5.19. The molecule has 0 radical (unpaired) electrons. The Kier molecular flexibility index (Phi) is 3.23. The summed E-state index contributed by atoms with van der Waals surface area (Å²) in [5.41, 5.74) is 0. The van der Waals surface area contributed by atoms with Gasteiger partial charge in [-0.3, -0.25) is 0 Å². The van der Waals surface area contributed by atoms with Crippen LogP contribution < -0.4 is 0 Å². The van der Waals surface area contributed by atoms with Crippen molar-refractivity contribution in [1.82, 2.24) is 0 Å². The van der Waals surface area contributed by atoms with Crippen molar-refractivity contribution in [3.63, 3.8) is 0 Å². The third kappa shape index (κ3) is 2.36. The molecule has 10 heavy (non-hydrogen) atoms. The van der Waals surface area contributed by atoms with Crippen LogP contribution in [0.5, 0.6) is 0 Å². The largest absolute Gasteiger partial charge is 0.377 e. The summed E-state index contributed by atoms with van der Waals surface area (Å²) in [6.45, 7) is 0. The first-order valence-electron chi connectivity index (χ1n) is 3.78. The van der Waals surface area contributed by atoms with Crippen LogP contribution in [0.15, 0.2) is 24.3 Å². The zero-order valence-electron chi connectivity index (χ0n) is 6.42. The van der Waals surface area contributed by atoms with Gasteiger partial charge in [0.15, 0.2) is 0 Å². The highest BCUT2D eigenvalue weighted by Crippen LogP contribution is 2.06. The van der Waals surface area contributed by atoms with Gasteiger partial charge in [0, 0.05) is 7.11 Å². The fraction of sp³-hybridized carbons (Fsp3) is 0.556. The summed E-state index contributed by atoms with van der Waals surface area (Å²) in [4.78, 5) is 0. The van der Waals surface area contributed by atoms with Crippen LogP contribution in [0.2, 0.25) is 0 Å². The van der Waals surface area contributed by atoms with E-state index < -0.39 is 0 Å². The fourth-order valence-corrected chi connectivity index (χ4v) is 1.04. The first kappa shape index (κ1) is 7.55. The first-order valence-corrected chi connectivity index (χ1v) is 3.78. The normalized spacial score (nSPS) is 32.3. The third-order valence-electron chi connectivity index (χ3n) is 1.69. The van der Waals surface area contributed by atoms with Crippen molar-refractivity contribution in [2.75, 3.05) is 7.11 Å². The van der Waals surface area contributed by atoms with Crippen LogP contribution in [-0.4, -0.2) is 13.2 Å². The molecule has 1 nitrogen and oxygen atoms in total. The Morgan fingerprint density at radius 2 is 2.00 bits per heavy atom. The molecule has 0 aromatic carbocycles. The highest BCUT2D eigenvalue weighted by Gasteiger charge is 1.99. The van der Waals surface area contributed by atoms with E-state index in [-0.39, 0.29) is 0 Å². The van der Waals surface area contributed by atoms with E-state index in [4.69, 9.17) is 4.74 Å². The Morgan fingerprint density at radius 1 is 1.20 bits per heavy atom. The van der Waals surface area contributed by atoms with Crippen LogP contribution in [-0.2, 0) is 4.74 Å². The van der Waals surface area contributed by atoms with Gasteiger partial charge in [-0.05, 0) is 19.3 Å². The monoisotopic (exact) mass is 138 g/mol. The zero-order valence-corrected chi connectivity index (χ0v) is 6.42. The van der Waals surface area contributed by atoms with E-state index >= 15 is 0 Å². The van der Waals surface area contributed by atoms with Crippen molar-refractivity contribution in [1.29, 1.82) is 0 Å². The number of rotatable bonds is 1. The Balaban J connectivity index is 2.41. The lowest BCUT2D eigenvalue weighted by Crippen LogP contribution is -2.05. The molecule has 0 N–H and O–H groups in total. The van der Waals surface area contributed by atoms with Gasteiger partial charge in [-0.15, -0.1) is 0 Å². The van der Waals surface area contributed by atoms with Crippen LogP contribution in [0.3, 0.4) is 0 Å². The molecular formula is C9H14O. The molecule has 0 amide bonds. The van der Waals surface area contributed by atoms with Crippen molar-refractivity contribution < 1.29 is 4.74 Å². The molecule has 1 rings (SSSR count). The Morgan fingerprint density at radius 3 is 2.80 bits per heavy atom. The van der Waals surface area contributed by atoms with E-state index in [9.17, 15) is 0 Å². The summed E-state index contributed by atoms with van der Waals surface area (Å²) in [5, 5.41) is 0. The molecular weight excluding hydrogens is 124 g/mol. The standard InChI is InChI=1S/C9H14O/c1-10-9-7-5-3-2-4-6-8-9/h3,5-6,8-9H,2,4,7H2,1H3/b5-3-,8-6+. The van der Waals surface area contributed by atoms with Crippen LogP contribution in [0.1, 0.15) is 19.3 Å². The van der Waals surface area contributed by atoms with Crippen molar-refractivity contribution in [2.24, 2.45) is 0 Å². The minimum Gasteiger partial charge on any atom is -0.377 e. The third-order valence-corrected chi connectivity index (χ3v) is 1.69. The molecule has 0 saturated heterocycles.